The van der Waals surface area contributed by atoms with Crippen LogP contribution in [0.4, 0.5) is 0 Å². The summed E-state index contributed by atoms with van der Waals surface area (Å²) in [5.41, 5.74) is 5.85. The van der Waals surface area contributed by atoms with Gasteiger partial charge in [-0.15, -0.1) is 0 Å². The third-order valence-electron chi connectivity index (χ3n) is 7.15. The molecule has 2 rings (SSSR count). The van der Waals surface area contributed by atoms with Crippen molar-refractivity contribution in [3.8, 4) is 0 Å². The number of piperidine rings is 1. The lowest BCUT2D eigenvalue weighted by atomic mass is 9.68. The van der Waals surface area contributed by atoms with Crippen LogP contribution < -0.4 is 11.1 Å². The predicted molar refractivity (Wildman–Crippen MR) is 119 cm³/mol. The summed E-state index contributed by atoms with van der Waals surface area (Å²) in [5.74, 6) is -0.398. The fraction of sp³-hybridized carbons (Fsp3) is 0.667. The molecule has 6 nitrogen and oxygen atoms in total. The van der Waals surface area contributed by atoms with Crippen LogP contribution in [0.2, 0.25) is 0 Å². The molecule has 1 heterocycles. The number of nitrogens with one attached hydrogen (secondary N) is 1. The molecule has 30 heavy (non-hydrogen) atoms. The molecule has 1 aliphatic heterocycles. The second-order valence-electron chi connectivity index (χ2n) is 9.15. The first kappa shape index (κ1) is 24.4. The molecule has 2 amide bonds. The molecule has 0 radical (unpaired) electrons. The molecule has 168 valence electrons. The number of benzene rings is 1. The van der Waals surface area contributed by atoms with Crippen LogP contribution in [0.15, 0.2) is 30.3 Å². The van der Waals surface area contributed by atoms with Gasteiger partial charge in [0.25, 0.3) is 0 Å². The van der Waals surface area contributed by atoms with Crippen LogP contribution in [0.3, 0.4) is 0 Å². The van der Waals surface area contributed by atoms with E-state index in [0.717, 1.165) is 24.8 Å². The minimum Gasteiger partial charge on any atom is -0.370 e. The van der Waals surface area contributed by atoms with E-state index in [1.807, 2.05) is 18.2 Å². The van der Waals surface area contributed by atoms with Crippen LogP contribution >= 0.6 is 0 Å². The number of carbonyl (C=O) groups excluding carboxylic acids is 2. The first-order valence-electron chi connectivity index (χ1n) is 11.2. The van der Waals surface area contributed by atoms with Gasteiger partial charge in [0.05, 0.1) is 0 Å². The Morgan fingerprint density at radius 1 is 1.20 bits per heavy atom. The van der Waals surface area contributed by atoms with Crippen molar-refractivity contribution in [2.45, 2.75) is 96.9 Å². The van der Waals surface area contributed by atoms with E-state index in [2.05, 4.69) is 64.1 Å². The summed E-state index contributed by atoms with van der Waals surface area (Å²) in [6, 6.07) is 10.3. The molecule has 0 saturated carbocycles. The summed E-state index contributed by atoms with van der Waals surface area (Å²) in [6.07, 6.45) is 2.70. The number of hydrogen-bond donors (Lipinski definition) is 2. The maximum atomic E-state index is 12.4. The van der Waals surface area contributed by atoms with E-state index in [-0.39, 0.29) is 47.9 Å². The van der Waals surface area contributed by atoms with Gasteiger partial charge in [0, 0.05) is 30.0 Å². The first-order valence-corrected chi connectivity index (χ1v) is 11.2. The first-order chi connectivity index (χ1) is 14.1. The number of carbonyl (C=O) groups is 2. The van der Waals surface area contributed by atoms with Gasteiger partial charge in [-0.2, -0.15) is 5.06 Å². The molecule has 3 N–H and O–H groups in total. The number of hydroxylamine groups is 2. The Morgan fingerprint density at radius 3 is 2.37 bits per heavy atom. The Bertz CT molecular complexity index is 726. The molecule has 1 fully saturated rings. The zero-order valence-corrected chi connectivity index (χ0v) is 19.4. The third kappa shape index (κ3) is 5.22. The van der Waals surface area contributed by atoms with Gasteiger partial charge in [-0.1, -0.05) is 51.1 Å². The van der Waals surface area contributed by atoms with E-state index in [0.29, 0.717) is 0 Å². The van der Waals surface area contributed by atoms with Crippen LogP contribution in [0.1, 0.15) is 85.3 Å². The zero-order chi connectivity index (χ0) is 22.5. The van der Waals surface area contributed by atoms with Crippen molar-refractivity contribution in [1.29, 1.82) is 0 Å². The van der Waals surface area contributed by atoms with Gasteiger partial charge in [-0.25, -0.2) is 0 Å². The fourth-order valence-corrected chi connectivity index (χ4v) is 4.60. The second-order valence-corrected chi connectivity index (χ2v) is 9.15. The topological polar surface area (TPSA) is 84.7 Å². The van der Waals surface area contributed by atoms with E-state index in [9.17, 15) is 9.59 Å². The van der Waals surface area contributed by atoms with E-state index < -0.39 is 5.91 Å². The molecule has 0 aromatic heterocycles. The largest absolute Gasteiger partial charge is 0.370 e. The van der Waals surface area contributed by atoms with Crippen molar-refractivity contribution in [3.05, 3.63) is 35.9 Å². The van der Waals surface area contributed by atoms with Gasteiger partial charge in [-0.3, -0.25) is 14.4 Å². The Kier molecular flexibility index (Phi) is 8.06. The van der Waals surface area contributed by atoms with Gasteiger partial charge in [0.2, 0.25) is 11.8 Å². The molecule has 0 bridgehead atoms. The van der Waals surface area contributed by atoms with Gasteiger partial charge >= 0.3 is 0 Å². The highest BCUT2D eigenvalue weighted by atomic mass is 16.7. The maximum Gasteiger partial charge on any atom is 0.220 e. The summed E-state index contributed by atoms with van der Waals surface area (Å²) in [6.45, 7) is 13.1. The van der Waals surface area contributed by atoms with Crippen molar-refractivity contribution < 1.29 is 14.4 Å². The molecular formula is C24H39N3O3. The Morgan fingerprint density at radius 2 is 1.83 bits per heavy atom. The van der Waals surface area contributed by atoms with Crippen molar-refractivity contribution in [1.82, 2.24) is 10.4 Å². The number of nitrogens with zero attached hydrogens (tertiary/aromatic N) is 1. The van der Waals surface area contributed by atoms with Crippen molar-refractivity contribution >= 4 is 11.8 Å². The highest BCUT2D eigenvalue weighted by Crippen LogP contribution is 2.47. The molecule has 1 saturated heterocycles. The lowest BCUT2D eigenvalue weighted by molar-refractivity contribution is -0.327. The quantitative estimate of drug-likeness (QED) is 0.633. The normalized spacial score (nSPS) is 30.6. The molecule has 0 aliphatic carbocycles. The molecule has 1 aromatic rings. The van der Waals surface area contributed by atoms with E-state index in [4.69, 9.17) is 10.6 Å². The Hall–Kier alpha value is -1.92. The summed E-state index contributed by atoms with van der Waals surface area (Å²) >= 11 is 0. The predicted octanol–water partition coefficient (Wildman–Crippen LogP) is 4.11. The monoisotopic (exact) mass is 417 g/mol. The lowest BCUT2D eigenvalue weighted by Crippen LogP contribution is -2.70. The molecule has 0 spiro atoms. The third-order valence-corrected chi connectivity index (χ3v) is 7.15. The Labute approximate surface area is 181 Å². The summed E-state index contributed by atoms with van der Waals surface area (Å²) in [5, 5.41) is 5.40. The number of amides is 2. The summed E-state index contributed by atoms with van der Waals surface area (Å²) < 4.78 is 0. The van der Waals surface area contributed by atoms with Crippen LogP contribution in [0.5, 0.6) is 0 Å². The molecule has 6 heteroatoms. The average Bonchev–Trinajstić information content (AvgIpc) is 2.74. The second kappa shape index (κ2) is 9.92. The molecule has 5 atom stereocenters. The van der Waals surface area contributed by atoms with E-state index in [1.54, 1.807) is 0 Å². The zero-order valence-electron chi connectivity index (χ0n) is 19.4. The van der Waals surface area contributed by atoms with Crippen molar-refractivity contribution in [2.75, 3.05) is 0 Å². The number of rotatable bonds is 9. The lowest BCUT2D eigenvalue weighted by Gasteiger charge is -2.60. The van der Waals surface area contributed by atoms with Gasteiger partial charge in [0.1, 0.15) is 6.10 Å². The van der Waals surface area contributed by atoms with E-state index in [1.165, 1.54) is 0 Å². The molecule has 5 unspecified atom stereocenters. The molecule has 1 aliphatic rings. The minimum atomic E-state index is -0.451. The van der Waals surface area contributed by atoms with Crippen LogP contribution in [0, 0.1) is 5.92 Å². The van der Waals surface area contributed by atoms with Crippen LogP contribution in [-0.2, 0) is 14.4 Å². The SMILES string of the molecule is CCC1(C)CC(NC(=O)CCC(N)=O)C(C)C(C)(CC)N1OC(C)c1ccccc1. The standard InChI is InChI=1S/C24H39N3O3/c1-7-23(5)16-20(26-22(29)15-14-21(25)28)17(3)24(6,8-2)27(23)30-18(4)19-12-10-9-11-13-19/h9-13,17-18,20H,7-8,14-16H2,1-6H3,(H2,25,28)(H,26,29). The smallest absolute Gasteiger partial charge is 0.220 e. The van der Waals surface area contributed by atoms with Crippen molar-refractivity contribution in [2.24, 2.45) is 11.7 Å². The van der Waals surface area contributed by atoms with Crippen LogP contribution in [-0.4, -0.2) is 34.0 Å². The molecular weight excluding hydrogens is 378 g/mol. The van der Waals surface area contributed by atoms with Crippen LogP contribution in [0.25, 0.3) is 0 Å². The number of nitrogens with two attached hydrogens (primary N) is 1. The minimum absolute atomic E-state index is 0.00663. The van der Waals surface area contributed by atoms with Crippen molar-refractivity contribution in [3.63, 3.8) is 0 Å². The summed E-state index contributed by atoms with van der Waals surface area (Å²) in [4.78, 5) is 30.1. The summed E-state index contributed by atoms with van der Waals surface area (Å²) in [7, 11) is 0. The average molecular weight is 418 g/mol. The Balaban J connectivity index is 2.26. The van der Waals surface area contributed by atoms with Gasteiger partial charge in [-0.05, 0) is 51.5 Å². The highest BCUT2D eigenvalue weighted by Gasteiger charge is 2.54. The number of primary amides is 1. The fourth-order valence-electron chi connectivity index (χ4n) is 4.60. The number of hydrogen-bond acceptors (Lipinski definition) is 4. The maximum absolute atomic E-state index is 12.4. The van der Waals surface area contributed by atoms with Gasteiger partial charge in [0.15, 0.2) is 0 Å². The van der Waals surface area contributed by atoms with Gasteiger partial charge < -0.3 is 11.1 Å². The highest BCUT2D eigenvalue weighted by molar-refractivity contribution is 5.83. The van der Waals surface area contributed by atoms with E-state index >= 15 is 0 Å². The molecule has 1 aromatic carbocycles.